The van der Waals surface area contributed by atoms with E-state index in [0.29, 0.717) is 12.4 Å². The number of aromatic nitrogens is 4. The first-order valence-electron chi connectivity index (χ1n) is 9.30. The molecule has 1 atom stereocenters. The van der Waals surface area contributed by atoms with Crippen LogP contribution >= 0.6 is 0 Å². The maximum Gasteiger partial charge on any atom is 0.282 e. The second kappa shape index (κ2) is 7.65. The fourth-order valence-corrected chi connectivity index (χ4v) is 4.82. The van der Waals surface area contributed by atoms with E-state index in [-0.39, 0.29) is 12.1 Å². The summed E-state index contributed by atoms with van der Waals surface area (Å²) in [6.07, 6.45) is 4.36. The molecule has 1 aliphatic rings. The van der Waals surface area contributed by atoms with Crippen LogP contribution in [0, 0.1) is 6.92 Å². The molecule has 1 fully saturated rings. The summed E-state index contributed by atoms with van der Waals surface area (Å²) in [5.41, 5.74) is 2.44. The normalized spacial score (nSPS) is 19.1. The van der Waals surface area contributed by atoms with Crippen LogP contribution in [0.1, 0.15) is 56.7 Å². The van der Waals surface area contributed by atoms with Crippen molar-refractivity contribution >= 4 is 10.2 Å². The monoisotopic (exact) mass is 392 g/mol. The predicted octanol–water partition coefficient (Wildman–Crippen LogP) is 2.56. The van der Waals surface area contributed by atoms with Gasteiger partial charge in [-0.05, 0) is 45.7 Å². The molecule has 0 aromatic carbocycles. The highest BCUT2D eigenvalue weighted by Gasteiger charge is 2.35. The van der Waals surface area contributed by atoms with E-state index in [1.165, 1.54) is 4.31 Å². The number of aryl methyl sites for hydroxylation is 1. The van der Waals surface area contributed by atoms with Crippen LogP contribution in [0.3, 0.4) is 0 Å². The van der Waals surface area contributed by atoms with Crippen LogP contribution in [-0.4, -0.2) is 57.4 Å². The summed E-state index contributed by atoms with van der Waals surface area (Å²) in [6, 6.07) is 3.77. The van der Waals surface area contributed by atoms with Crippen molar-refractivity contribution in [3.05, 3.63) is 29.8 Å². The van der Waals surface area contributed by atoms with E-state index in [0.717, 1.165) is 36.3 Å². The van der Waals surface area contributed by atoms with E-state index < -0.39 is 10.2 Å². The Bertz CT molecular complexity index is 906. The van der Waals surface area contributed by atoms with Gasteiger partial charge in [-0.1, -0.05) is 6.42 Å². The van der Waals surface area contributed by atoms with E-state index in [9.17, 15) is 8.42 Å². The molecule has 3 heterocycles. The third-order valence-electron chi connectivity index (χ3n) is 4.83. The summed E-state index contributed by atoms with van der Waals surface area (Å²) in [7, 11) is -0.373. The number of hydrogen-bond donors (Lipinski definition) is 0. The molecule has 0 bridgehead atoms. The van der Waals surface area contributed by atoms with Gasteiger partial charge in [0.05, 0.1) is 23.1 Å². The Morgan fingerprint density at radius 3 is 2.63 bits per heavy atom. The molecular weight excluding hydrogens is 364 g/mol. The molecule has 0 radical (unpaired) electrons. The zero-order chi connectivity index (χ0) is 19.8. The van der Waals surface area contributed by atoms with Gasteiger partial charge < -0.3 is 0 Å². The van der Waals surface area contributed by atoms with Gasteiger partial charge in [0.25, 0.3) is 10.2 Å². The van der Waals surface area contributed by atoms with E-state index in [4.69, 9.17) is 0 Å². The van der Waals surface area contributed by atoms with Crippen molar-refractivity contribution in [2.24, 2.45) is 0 Å². The molecule has 1 aliphatic heterocycles. The summed E-state index contributed by atoms with van der Waals surface area (Å²) in [5.74, 6) is 0.631. The predicted molar refractivity (Wildman–Crippen MR) is 104 cm³/mol. The minimum atomic E-state index is -3.51. The highest BCUT2D eigenvalue weighted by molar-refractivity contribution is 7.86. The van der Waals surface area contributed by atoms with Gasteiger partial charge in [-0.15, -0.1) is 0 Å². The number of piperidine rings is 1. The molecule has 2 aromatic rings. The Kier molecular flexibility index (Phi) is 5.64. The van der Waals surface area contributed by atoms with Gasteiger partial charge in [0, 0.05) is 32.9 Å². The molecule has 0 spiro atoms. The van der Waals surface area contributed by atoms with Crippen molar-refractivity contribution in [2.45, 2.75) is 52.1 Å². The van der Waals surface area contributed by atoms with E-state index in [2.05, 4.69) is 28.9 Å². The molecule has 1 saturated heterocycles. The zero-order valence-electron chi connectivity index (χ0n) is 16.6. The Balaban J connectivity index is 2.06. The fraction of sp³-hybridized carbons (Fsp3) is 0.611. The fourth-order valence-electron chi connectivity index (χ4n) is 3.51. The average molecular weight is 393 g/mol. The van der Waals surface area contributed by atoms with Crippen LogP contribution in [0.15, 0.2) is 18.3 Å². The number of hydrogen-bond acceptors (Lipinski definition) is 5. The lowest BCUT2D eigenvalue weighted by atomic mass is 10.0. The zero-order valence-corrected chi connectivity index (χ0v) is 17.4. The maximum atomic E-state index is 12.8. The lowest BCUT2D eigenvalue weighted by Gasteiger charge is -2.36. The molecule has 9 heteroatoms. The number of rotatable bonds is 5. The van der Waals surface area contributed by atoms with Crippen LogP contribution in [0.2, 0.25) is 0 Å². The van der Waals surface area contributed by atoms with Gasteiger partial charge in [0.2, 0.25) is 0 Å². The molecule has 3 rings (SSSR count). The third-order valence-corrected chi connectivity index (χ3v) is 6.79. The molecule has 0 N–H and O–H groups in total. The lowest BCUT2D eigenvalue weighted by molar-refractivity contribution is 0.238. The second-order valence-electron chi connectivity index (χ2n) is 7.39. The SMILES string of the molecule is Cc1nc(-c2ccnn2C(C)C)cc([C@@H]2CCCCN2S(=O)(=O)N(C)C)n1. The Labute approximate surface area is 161 Å². The third kappa shape index (κ3) is 3.90. The van der Waals surface area contributed by atoms with Crippen molar-refractivity contribution in [3.63, 3.8) is 0 Å². The van der Waals surface area contributed by atoms with Gasteiger partial charge in [-0.2, -0.15) is 22.1 Å². The van der Waals surface area contributed by atoms with E-state index in [1.807, 2.05) is 23.7 Å². The Morgan fingerprint density at radius 2 is 1.96 bits per heavy atom. The largest absolute Gasteiger partial charge is 0.282 e. The standard InChI is InChI=1S/C18H28N6O2S/c1-13(2)24-18(9-10-19-24)16-12-15(20-14(3)21-16)17-8-6-7-11-23(17)27(25,26)22(4)5/h9-10,12-13,17H,6-8,11H2,1-5H3/t17-/m0/s1. The van der Waals surface area contributed by atoms with Gasteiger partial charge in [-0.25, -0.2) is 9.97 Å². The van der Waals surface area contributed by atoms with Gasteiger partial charge in [-0.3, -0.25) is 4.68 Å². The summed E-state index contributed by atoms with van der Waals surface area (Å²) >= 11 is 0. The van der Waals surface area contributed by atoms with Crippen LogP contribution in [0.5, 0.6) is 0 Å². The molecule has 0 unspecified atom stereocenters. The van der Waals surface area contributed by atoms with E-state index >= 15 is 0 Å². The molecule has 0 amide bonds. The van der Waals surface area contributed by atoms with Crippen molar-refractivity contribution in [1.29, 1.82) is 0 Å². The lowest BCUT2D eigenvalue weighted by Crippen LogP contribution is -2.44. The van der Waals surface area contributed by atoms with Crippen molar-refractivity contribution in [3.8, 4) is 11.4 Å². The van der Waals surface area contributed by atoms with Crippen molar-refractivity contribution in [1.82, 2.24) is 28.4 Å². The summed E-state index contributed by atoms with van der Waals surface area (Å²) < 4.78 is 30.4. The molecule has 148 valence electrons. The minimum Gasteiger partial charge on any atom is -0.261 e. The quantitative estimate of drug-likeness (QED) is 0.781. The first-order chi connectivity index (χ1) is 12.7. The molecule has 0 aliphatic carbocycles. The molecule has 2 aromatic heterocycles. The second-order valence-corrected chi connectivity index (χ2v) is 9.49. The van der Waals surface area contributed by atoms with Crippen molar-refractivity contribution < 1.29 is 8.42 Å². The number of nitrogens with zero attached hydrogens (tertiary/aromatic N) is 6. The summed E-state index contributed by atoms with van der Waals surface area (Å²) in [4.78, 5) is 9.19. The summed E-state index contributed by atoms with van der Waals surface area (Å²) in [5, 5.41) is 4.38. The maximum absolute atomic E-state index is 12.8. The van der Waals surface area contributed by atoms with Crippen LogP contribution in [-0.2, 0) is 10.2 Å². The molecular formula is C18H28N6O2S. The van der Waals surface area contributed by atoms with Crippen LogP contribution in [0.25, 0.3) is 11.4 Å². The first kappa shape index (κ1) is 19.9. The van der Waals surface area contributed by atoms with E-state index in [1.54, 1.807) is 24.6 Å². The molecule has 8 nitrogen and oxygen atoms in total. The average Bonchev–Trinajstić information content (AvgIpc) is 3.11. The minimum absolute atomic E-state index is 0.203. The van der Waals surface area contributed by atoms with Gasteiger partial charge in [0.15, 0.2) is 0 Å². The van der Waals surface area contributed by atoms with Gasteiger partial charge >= 0.3 is 0 Å². The van der Waals surface area contributed by atoms with Crippen molar-refractivity contribution in [2.75, 3.05) is 20.6 Å². The topological polar surface area (TPSA) is 84.2 Å². The highest BCUT2D eigenvalue weighted by Crippen LogP contribution is 2.34. The summed E-state index contributed by atoms with van der Waals surface area (Å²) in [6.45, 7) is 6.49. The Morgan fingerprint density at radius 1 is 1.22 bits per heavy atom. The van der Waals surface area contributed by atoms with Crippen LogP contribution in [0.4, 0.5) is 0 Å². The van der Waals surface area contributed by atoms with Crippen LogP contribution < -0.4 is 0 Å². The van der Waals surface area contributed by atoms with Gasteiger partial charge in [0.1, 0.15) is 5.82 Å². The molecule has 27 heavy (non-hydrogen) atoms. The first-order valence-corrected chi connectivity index (χ1v) is 10.7. The highest BCUT2D eigenvalue weighted by atomic mass is 32.2. The Hall–Kier alpha value is -1.84. The molecule has 0 saturated carbocycles. The smallest absolute Gasteiger partial charge is 0.261 e.